The first-order valence-electron chi connectivity index (χ1n) is 3.04. The molecule has 0 radical (unpaired) electrons. The van der Waals surface area contributed by atoms with Crippen molar-refractivity contribution < 1.29 is 10.0 Å². The summed E-state index contributed by atoms with van der Waals surface area (Å²) < 4.78 is 0. The van der Waals surface area contributed by atoms with E-state index in [1.54, 1.807) is 0 Å². The van der Waals surface area contributed by atoms with Crippen molar-refractivity contribution in [1.82, 2.24) is 0 Å². The van der Waals surface area contributed by atoms with Crippen LogP contribution in [0.4, 0.5) is 17.1 Å². The second-order valence-electron chi connectivity index (χ2n) is 2.23. The molecule has 1 aromatic rings. The standard InChI is InChI=1S/C6H7N3O3/c7-4-1-3(9(11)12)2-5(8)6(4)10/h1-2,10H,7-8H2. The number of phenols is 1. The Balaban J connectivity index is 3.31. The molecule has 0 aliphatic rings. The molecule has 0 unspecified atom stereocenters. The summed E-state index contributed by atoms with van der Waals surface area (Å²) >= 11 is 0. The number of phenolic OH excluding ortho intramolecular Hbond substituents is 1. The molecule has 0 aliphatic carbocycles. The quantitative estimate of drug-likeness (QED) is 0.244. The van der Waals surface area contributed by atoms with Gasteiger partial charge in [0.1, 0.15) is 0 Å². The van der Waals surface area contributed by atoms with E-state index in [0.29, 0.717) is 0 Å². The topological polar surface area (TPSA) is 115 Å². The molecule has 1 aromatic carbocycles. The number of nitrogens with two attached hydrogens (primary N) is 2. The van der Waals surface area contributed by atoms with E-state index < -0.39 is 4.92 Å². The number of benzene rings is 1. The lowest BCUT2D eigenvalue weighted by Crippen LogP contribution is -1.95. The number of nitro benzene ring substituents is 1. The average Bonchev–Trinajstić information content (AvgIpc) is 1.99. The lowest BCUT2D eigenvalue weighted by atomic mass is 10.2. The van der Waals surface area contributed by atoms with Gasteiger partial charge in [-0.25, -0.2) is 0 Å². The van der Waals surface area contributed by atoms with E-state index in [2.05, 4.69) is 0 Å². The number of rotatable bonds is 1. The average molecular weight is 169 g/mol. The van der Waals surface area contributed by atoms with E-state index in [1.165, 1.54) is 0 Å². The van der Waals surface area contributed by atoms with Crippen molar-refractivity contribution in [2.24, 2.45) is 0 Å². The highest BCUT2D eigenvalue weighted by Gasteiger charge is 2.11. The zero-order valence-corrected chi connectivity index (χ0v) is 6.02. The maximum atomic E-state index is 10.2. The second kappa shape index (κ2) is 2.57. The molecule has 5 N–H and O–H groups in total. The molecule has 0 aliphatic heterocycles. The Morgan fingerprint density at radius 2 is 1.75 bits per heavy atom. The molecule has 12 heavy (non-hydrogen) atoms. The fourth-order valence-electron chi connectivity index (χ4n) is 0.769. The third kappa shape index (κ3) is 1.22. The number of nitrogens with zero attached hydrogens (tertiary/aromatic N) is 1. The third-order valence-corrected chi connectivity index (χ3v) is 1.36. The highest BCUT2D eigenvalue weighted by molar-refractivity contribution is 5.70. The van der Waals surface area contributed by atoms with Crippen LogP contribution in [-0.2, 0) is 0 Å². The van der Waals surface area contributed by atoms with Gasteiger partial charge < -0.3 is 16.6 Å². The van der Waals surface area contributed by atoms with Crippen LogP contribution in [0.5, 0.6) is 5.75 Å². The highest BCUT2D eigenvalue weighted by atomic mass is 16.6. The first-order chi connectivity index (χ1) is 5.52. The molecule has 6 heteroatoms. The molecular weight excluding hydrogens is 162 g/mol. The Morgan fingerprint density at radius 3 is 2.08 bits per heavy atom. The Morgan fingerprint density at radius 1 is 1.33 bits per heavy atom. The first-order valence-corrected chi connectivity index (χ1v) is 3.04. The van der Waals surface area contributed by atoms with Gasteiger partial charge in [0.2, 0.25) is 0 Å². The fraction of sp³-hybridized carbons (Fsp3) is 0. The summed E-state index contributed by atoms with van der Waals surface area (Å²) in [5.74, 6) is -0.319. The van der Waals surface area contributed by atoms with Gasteiger partial charge in [0.25, 0.3) is 5.69 Å². The minimum absolute atomic E-state index is 0.0956. The van der Waals surface area contributed by atoms with E-state index >= 15 is 0 Å². The Kier molecular flexibility index (Phi) is 1.74. The smallest absolute Gasteiger partial charge is 0.273 e. The summed E-state index contributed by atoms with van der Waals surface area (Å²) in [5.41, 5.74) is 10.0. The molecule has 0 spiro atoms. The van der Waals surface area contributed by atoms with Crippen LogP contribution in [0.25, 0.3) is 0 Å². The van der Waals surface area contributed by atoms with Crippen LogP contribution in [0.1, 0.15) is 0 Å². The van der Waals surface area contributed by atoms with Crippen LogP contribution in [-0.4, -0.2) is 10.0 Å². The Labute approximate surface area is 67.6 Å². The summed E-state index contributed by atoms with van der Waals surface area (Å²) in [6.45, 7) is 0. The van der Waals surface area contributed by atoms with Crippen LogP contribution in [0.15, 0.2) is 12.1 Å². The SMILES string of the molecule is Nc1cc([N+](=O)[O-])cc(N)c1O. The van der Waals surface area contributed by atoms with Gasteiger partial charge in [-0.05, 0) is 0 Å². The predicted octanol–water partition coefficient (Wildman–Crippen LogP) is 0.465. The summed E-state index contributed by atoms with van der Waals surface area (Å²) in [6.07, 6.45) is 0. The number of non-ortho nitro benzene ring substituents is 1. The number of hydrogen-bond donors (Lipinski definition) is 3. The molecule has 0 atom stereocenters. The van der Waals surface area contributed by atoms with Crippen molar-refractivity contribution in [3.8, 4) is 5.75 Å². The first kappa shape index (κ1) is 8.12. The van der Waals surface area contributed by atoms with Gasteiger partial charge >= 0.3 is 0 Å². The lowest BCUT2D eigenvalue weighted by molar-refractivity contribution is -0.384. The number of hydrogen-bond acceptors (Lipinski definition) is 5. The zero-order chi connectivity index (χ0) is 9.30. The van der Waals surface area contributed by atoms with E-state index in [9.17, 15) is 10.1 Å². The number of nitrogen functional groups attached to an aromatic ring is 2. The number of anilines is 2. The Hall–Kier alpha value is -1.98. The van der Waals surface area contributed by atoms with Gasteiger partial charge in [-0.2, -0.15) is 0 Å². The van der Waals surface area contributed by atoms with Gasteiger partial charge in [0.05, 0.1) is 16.3 Å². The second-order valence-corrected chi connectivity index (χ2v) is 2.23. The van der Waals surface area contributed by atoms with E-state index in [1.807, 2.05) is 0 Å². The fourth-order valence-corrected chi connectivity index (χ4v) is 0.769. The minimum Gasteiger partial charge on any atom is -0.504 e. The number of nitro groups is 1. The summed E-state index contributed by atoms with van der Waals surface area (Å²) in [6, 6.07) is 2.09. The maximum absolute atomic E-state index is 10.2. The van der Waals surface area contributed by atoms with Crippen molar-refractivity contribution in [2.75, 3.05) is 11.5 Å². The molecule has 0 heterocycles. The molecule has 1 rings (SSSR count). The maximum Gasteiger partial charge on any atom is 0.273 e. The van der Waals surface area contributed by atoms with Crippen LogP contribution < -0.4 is 11.5 Å². The zero-order valence-electron chi connectivity index (χ0n) is 6.02. The molecule has 64 valence electrons. The highest BCUT2D eigenvalue weighted by Crippen LogP contribution is 2.31. The summed E-state index contributed by atoms with van der Waals surface area (Å²) in [4.78, 5) is 9.60. The summed E-state index contributed by atoms with van der Waals surface area (Å²) in [7, 11) is 0. The molecule has 0 aromatic heterocycles. The lowest BCUT2D eigenvalue weighted by Gasteiger charge is -2.01. The minimum atomic E-state index is -0.633. The van der Waals surface area contributed by atoms with E-state index in [-0.39, 0.29) is 22.8 Å². The molecule has 0 fully saturated rings. The van der Waals surface area contributed by atoms with E-state index in [4.69, 9.17) is 16.6 Å². The third-order valence-electron chi connectivity index (χ3n) is 1.36. The van der Waals surface area contributed by atoms with Gasteiger partial charge in [-0.3, -0.25) is 10.1 Å². The predicted molar refractivity (Wildman–Crippen MR) is 43.6 cm³/mol. The normalized spacial score (nSPS) is 9.67. The number of aromatic hydroxyl groups is 1. The van der Waals surface area contributed by atoms with Crippen LogP contribution in [0.2, 0.25) is 0 Å². The van der Waals surface area contributed by atoms with Crippen molar-refractivity contribution in [1.29, 1.82) is 0 Å². The monoisotopic (exact) mass is 169 g/mol. The molecule has 0 bridgehead atoms. The molecule has 0 saturated carbocycles. The van der Waals surface area contributed by atoms with Gasteiger partial charge in [0.15, 0.2) is 5.75 Å². The van der Waals surface area contributed by atoms with Crippen molar-refractivity contribution >= 4 is 17.1 Å². The van der Waals surface area contributed by atoms with Crippen LogP contribution in [0, 0.1) is 10.1 Å². The van der Waals surface area contributed by atoms with E-state index in [0.717, 1.165) is 12.1 Å². The van der Waals surface area contributed by atoms with Crippen molar-refractivity contribution in [2.45, 2.75) is 0 Å². The summed E-state index contributed by atoms with van der Waals surface area (Å²) in [5, 5.41) is 19.3. The van der Waals surface area contributed by atoms with Gasteiger partial charge in [-0.15, -0.1) is 0 Å². The Bertz CT molecular complexity index is 314. The molecule has 0 saturated heterocycles. The van der Waals surface area contributed by atoms with Crippen LogP contribution >= 0.6 is 0 Å². The molecule has 6 nitrogen and oxygen atoms in total. The largest absolute Gasteiger partial charge is 0.504 e. The van der Waals surface area contributed by atoms with Crippen molar-refractivity contribution in [3.05, 3.63) is 22.2 Å². The molecular formula is C6H7N3O3. The van der Waals surface area contributed by atoms with Crippen molar-refractivity contribution in [3.63, 3.8) is 0 Å². The van der Waals surface area contributed by atoms with Crippen LogP contribution in [0.3, 0.4) is 0 Å². The van der Waals surface area contributed by atoms with Gasteiger partial charge in [0, 0.05) is 12.1 Å². The van der Waals surface area contributed by atoms with Gasteiger partial charge in [-0.1, -0.05) is 0 Å². The molecule has 0 amide bonds.